The summed E-state index contributed by atoms with van der Waals surface area (Å²) in [7, 11) is 0. The summed E-state index contributed by atoms with van der Waals surface area (Å²) in [6.07, 6.45) is 3.15. The first-order valence-electron chi connectivity index (χ1n) is 5.59. The van der Waals surface area contributed by atoms with E-state index in [1.54, 1.807) is 0 Å². The van der Waals surface area contributed by atoms with Crippen molar-refractivity contribution in [2.75, 3.05) is 19.7 Å². The molecule has 0 spiro atoms. The summed E-state index contributed by atoms with van der Waals surface area (Å²) >= 11 is 0. The summed E-state index contributed by atoms with van der Waals surface area (Å²) in [5.74, 6) is 0.677. The Bertz CT molecular complexity index is 283. The molecule has 0 unspecified atom stereocenters. The van der Waals surface area contributed by atoms with Gasteiger partial charge in [0.15, 0.2) is 0 Å². The van der Waals surface area contributed by atoms with Gasteiger partial charge in [-0.3, -0.25) is 4.98 Å². The van der Waals surface area contributed by atoms with Gasteiger partial charge in [-0.25, -0.2) is 0 Å². The predicted octanol–water partition coefficient (Wildman–Crippen LogP) is 1.77. The second kappa shape index (κ2) is 5.24. The van der Waals surface area contributed by atoms with E-state index in [0.717, 1.165) is 25.4 Å². The van der Waals surface area contributed by atoms with Gasteiger partial charge >= 0.3 is 0 Å². The maximum atomic E-state index is 5.81. The Kier molecular flexibility index (Phi) is 3.69. The molecule has 2 atom stereocenters. The topological polar surface area (TPSA) is 34.1 Å². The smallest absolute Gasteiger partial charge is 0.0966 e. The first-order valence-corrected chi connectivity index (χ1v) is 5.59. The number of nitrogens with one attached hydrogen (secondary N) is 1. The molecule has 3 heteroatoms. The largest absolute Gasteiger partial charge is 0.372 e. The van der Waals surface area contributed by atoms with Crippen LogP contribution in [0.4, 0.5) is 0 Å². The molecule has 3 nitrogen and oxygen atoms in total. The number of aromatic nitrogens is 1. The highest BCUT2D eigenvalue weighted by molar-refractivity contribution is 5.05. The Labute approximate surface area is 90.9 Å². The monoisotopic (exact) mass is 206 g/mol. The maximum Gasteiger partial charge on any atom is 0.0966 e. The number of nitrogens with zero attached hydrogens (tertiary/aromatic N) is 1. The standard InChI is InChI=1S/C12H18N2O/c1-10(12-4-2-3-6-14-12)15-9-11-5-7-13-8-11/h2-4,6,10-11,13H,5,7-9H2,1H3/t10-,11-/m1/s1. The predicted molar refractivity (Wildman–Crippen MR) is 59.6 cm³/mol. The third kappa shape index (κ3) is 3.01. The SMILES string of the molecule is C[C@@H](OC[C@@H]1CCNC1)c1ccccn1. The number of hydrogen-bond acceptors (Lipinski definition) is 3. The van der Waals surface area contributed by atoms with Crippen molar-refractivity contribution in [2.45, 2.75) is 19.4 Å². The number of pyridine rings is 1. The highest BCUT2D eigenvalue weighted by Gasteiger charge is 2.16. The Balaban J connectivity index is 1.79. The lowest BCUT2D eigenvalue weighted by Crippen LogP contribution is -2.15. The molecule has 1 aliphatic heterocycles. The maximum absolute atomic E-state index is 5.81. The van der Waals surface area contributed by atoms with Gasteiger partial charge in [-0.2, -0.15) is 0 Å². The molecule has 1 aromatic rings. The number of hydrogen-bond donors (Lipinski definition) is 1. The van der Waals surface area contributed by atoms with Crippen molar-refractivity contribution in [1.82, 2.24) is 10.3 Å². The van der Waals surface area contributed by atoms with Crippen LogP contribution in [0, 0.1) is 5.92 Å². The van der Waals surface area contributed by atoms with Crippen LogP contribution >= 0.6 is 0 Å². The summed E-state index contributed by atoms with van der Waals surface area (Å²) in [6, 6.07) is 5.94. The average Bonchev–Trinajstić information content (AvgIpc) is 2.80. The van der Waals surface area contributed by atoms with Crippen LogP contribution in [-0.2, 0) is 4.74 Å². The normalized spacial score (nSPS) is 22.9. The van der Waals surface area contributed by atoms with E-state index in [1.807, 2.05) is 24.4 Å². The third-order valence-corrected chi connectivity index (χ3v) is 2.85. The van der Waals surface area contributed by atoms with Crippen molar-refractivity contribution in [3.63, 3.8) is 0 Å². The van der Waals surface area contributed by atoms with Crippen LogP contribution in [0.25, 0.3) is 0 Å². The summed E-state index contributed by atoms with van der Waals surface area (Å²) in [4.78, 5) is 4.28. The van der Waals surface area contributed by atoms with Gasteiger partial charge in [0.25, 0.3) is 0 Å². The van der Waals surface area contributed by atoms with E-state index in [4.69, 9.17) is 4.74 Å². The summed E-state index contributed by atoms with van der Waals surface area (Å²) in [6.45, 7) is 5.12. The fourth-order valence-corrected chi connectivity index (χ4v) is 1.84. The van der Waals surface area contributed by atoms with Crippen molar-refractivity contribution in [2.24, 2.45) is 5.92 Å². The first kappa shape index (κ1) is 10.6. The van der Waals surface area contributed by atoms with Crippen molar-refractivity contribution >= 4 is 0 Å². The highest BCUT2D eigenvalue weighted by Crippen LogP contribution is 2.16. The molecule has 1 aliphatic rings. The minimum atomic E-state index is 0.104. The van der Waals surface area contributed by atoms with Crippen LogP contribution in [0.5, 0.6) is 0 Å². The first-order chi connectivity index (χ1) is 7.36. The molecule has 1 N–H and O–H groups in total. The molecular weight excluding hydrogens is 188 g/mol. The molecule has 15 heavy (non-hydrogen) atoms. The zero-order valence-corrected chi connectivity index (χ0v) is 9.15. The highest BCUT2D eigenvalue weighted by atomic mass is 16.5. The molecular formula is C12H18N2O. The van der Waals surface area contributed by atoms with Crippen molar-refractivity contribution in [3.8, 4) is 0 Å². The lowest BCUT2D eigenvalue weighted by Gasteiger charge is -2.15. The van der Waals surface area contributed by atoms with Crippen LogP contribution in [0.3, 0.4) is 0 Å². The molecule has 0 aliphatic carbocycles. The van der Waals surface area contributed by atoms with E-state index in [2.05, 4.69) is 17.2 Å². The Morgan fingerprint density at radius 1 is 1.60 bits per heavy atom. The zero-order valence-electron chi connectivity index (χ0n) is 9.15. The molecule has 0 amide bonds. The molecule has 2 heterocycles. The average molecular weight is 206 g/mol. The van der Waals surface area contributed by atoms with E-state index in [-0.39, 0.29) is 6.10 Å². The van der Waals surface area contributed by atoms with Gasteiger partial charge in [0.1, 0.15) is 0 Å². The van der Waals surface area contributed by atoms with Gasteiger partial charge in [0.2, 0.25) is 0 Å². The zero-order chi connectivity index (χ0) is 10.5. The van der Waals surface area contributed by atoms with Crippen LogP contribution in [0.1, 0.15) is 25.1 Å². The van der Waals surface area contributed by atoms with E-state index < -0.39 is 0 Å². The Hall–Kier alpha value is -0.930. The second-order valence-corrected chi connectivity index (χ2v) is 4.09. The second-order valence-electron chi connectivity index (χ2n) is 4.09. The Morgan fingerprint density at radius 3 is 3.20 bits per heavy atom. The minimum Gasteiger partial charge on any atom is -0.372 e. The lowest BCUT2D eigenvalue weighted by molar-refractivity contribution is 0.0410. The Morgan fingerprint density at radius 2 is 2.53 bits per heavy atom. The molecule has 0 radical (unpaired) electrons. The van der Waals surface area contributed by atoms with E-state index in [1.165, 1.54) is 6.42 Å². The molecule has 2 rings (SSSR count). The fourth-order valence-electron chi connectivity index (χ4n) is 1.84. The molecule has 82 valence electrons. The molecule has 0 bridgehead atoms. The molecule has 1 saturated heterocycles. The lowest BCUT2D eigenvalue weighted by atomic mass is 10.1. The van der Waals surface area contributed by atoms with Crippen LogP contribution in [0.2, 0.25) is 0 Å². The van der Waals surface area contributed by atoms with Gasteiger partial charge in [0, 0.05) is 12.7 Å². The van der Waals surface area contributed by atoms with Gasteiger partial charge < -0.3 is 10.1 Å². The third-order valence-electron chi connectivity index (χ3n) is 2.85. The van der Waals surface area contributed by atoms with Gasteiger partial charge in [-0.05, 0) is 37.9 Å². The van der Waals surface area contributed by atoms with Crippen molar-refractivity contribution in [3.05, 3.63) is 30.1 Å². The summed E-state index contributed by atoms with van der Waals surface area (Å²) in [5, 5.41) is 3.34. The minimum absolute atomic E-state index is 0.104. The van der Waals surface area contributed by atoms with Gasteiger partial charge in [-0.15, -0.1) is 0 Å². The fraction of sp³-hybridized carbons (Fsp3) is 0.583. The van der Waals surface area contributed by atoms with E-state index >= 15 is 0 Å². The molecule has 1 fully saturated rings. The summed E-state index contributed by atoms with van der Waals surface area (Å²) < 4.78 is 5.81. The van der Waals surface area contributed by atoms with E-state index in [9.17, 15) is 0 Å². The van der Waals surface area contributed by atoms with Crippen LogP contribution in [-0.4, -0.2) is 24.7 Å². The van der Waals surface area contributed by atoms with Gasteiger partial charge in [0.05, 0.1) is 18.4 Å². The summed E-state index contributed by atoms with van der Waals surface area (Å²) in [5.41, 5.74) is 1.02. The molecule has 0 aromatic carbocycles. The van der Waals surface area contributed by atoms with Crippen molar-refractivity contribution in [1.29, 1.82) is 0 Å². The van der Waals surface area contributed by atoms with E-state index in [0.29, 0.717) is 5.92 Å². The quantitative estimate of drug-likeness (QED) is 0.815. The van der Waals surface area contributed by atoms with Crippen LogP contribution < -0.4 is 5.32 Å². The van der Waals surface area contributed by atoms with Crippen molar-refractivity contribution < 1.29 is 4.74 Å². The van der Waals surface area contributed by atoms with Gasteiger partial charge in [-0.1, -0.05) is 6.07 Å². The number of rotatable bonds is 4. The van der Waals surface area contributed by atoms with Crippen LogP contribution in [0.15, 0.2) is 24.4 Å². The molecule has 0 saturated carbocycles. The number of ether oxygens (including phenoxy) is 1. The molecule has 1 aromatic heterocycles.